The summed E-state index contributed by atoms with van der Waals surface area (Å²) in [5.74, 6) is 0.984. The molecule has 0 radical (unpaired) electrons. The minimum atomic E-state index is -0.451. The SMILES string of the molecule is CC(C)C[C@H](N)C(=O)NCc1nncn1C. The van der Waals surface area contributed by atoms with Crippen molar-refractivity contribution in [3.8, 4) is 0 Å². The van der Waals surface area contributed by atoms with E-state index >= 15 is 0 Å². The molecule has 6 heteroatoms. The van der Waals surface area contributed by atoms with Crippen LogP contribution in [0.4, 0.5) is 0 Å². The zero-order valence-corrected chi connectivity index (χ0v) is 9.97. The number of nitrogens with one attached hydrogen (secondary N) is 1. The summed E-state index contributed by atoms with van der Waals surface area (Å²) in [6.45, 7) is 4.44. The molecule has 0 aliphatic carbocycles. The minimum Gasteiger partial charge on any atom is -0.347 e. The number of hydrogen-bond acceptors (Lipinski definition) is 4. The molecule has 1 aromatic heterocycles. The van der Waals surface area contributed by atoms with E-state index in [-0.39, 0.29) is 5.91 Å². The fourth-order valence-electron chi connectivity index (χ4n) is 1.38. The molecule has 0 unspecified atom stereocenters. The van der Waals surface area contributed by atoms with Gasteiger partial charge in [0.15, 0.2) is 5.82 Å². The van der Waals surface area contributed by atoms with Crippen LogP contribution in [0.1, 0.15) is 26.1 Å². The first-order chi connectivity index (χ1) is 7.50. The Hall–Kier alpha value is -1.43. The maximum atomic E-state index is 11.6. The molecule has 1 rings (SSSR count). The molecule has 16 heavy (non-hydrogen) atoms. The Kier molecular flexibility index (Phi) is 4.42. The summed E-state index contributed by atoms with van der Waals surface area (Å²) >= 11 is 0. The van der Waals surface area contributed by atoms with Crippen molar-refractivity contribution in [1.82, 2.24) is 20.1 Å². The van der Waals surface area contributed by atoms with E-state index in [1.165, 1.54) is 0 Å². The number of amides is 1. The Morgan fingerprint density at radius 2 is 2.31 bits per heavy atom. The van der Waals surface area contributed by atoms with Crippen LogP contribution in [0.2, 0.25) is 0 Å². The second kappa shape index (κ2) is 5.60. The van der Waals surface area contributed by atoms with Gasteiger partial charge in [0.2, 0.25) is 5.91 Å². The van der Waals surface area contributed by atoms with Crippen molar-refractivity contribution < 1.29 is 4.79 Å². The molecule has 0 saturated heterocycles. The fraction of sp³-hybridized carbons (Fsp3) is 0.700. The van der Waals surface area contributed by atoms with E-state index in [1.54, 1.807) is 10.9 Å². The van der Waals surface area contributed by atoms with E-state index in [0.29, 0.717) is 24.7 Å². The highest BCUT2D eigenvalue weighted by atomic mass is 16.2. The van der Waals surface area contributed by atoms with Crippen LogP contribution in [0.25, 0.3) is 0 Å². The second-order valence-corrected chi connectivity index (χ2v) is 4.31. The van der Waals surface area contributed by atoms with E-state index in [0.717, 1.165) is 0 Å². The van der Waals surface area contributed by atoms with Crippen LogP contribution in [-0.2, 0) is 18.4 Å². The third-order valence-corrected chi connectivity index (χ3v) is 2.29. The summed E-state index contributed by atoms with van der Waals surface area (Å²) in [4.78, 5) is 11.6. The number of rotatable bonds is 5. The Balaban J connectivity index is 2.38. The molecule has 0 aromatic carbocycles. The molecule has 0 aliphatic rings. The molecule has 1 aromatic rings. The van der Waals surface area contributed by atoms with E-state index < -0.39 is 6.04 Å². The minimum absolute atomic E-state index is 0.142. The first-order valence-electron chi connectivity index (χ1n) is 5.37. The lowest BCUT2D eigenvalue weighted by molar-refractivity contribution is -0.122. The van der Waals surface area contributed by atoms with Gasteiger partial charge in [0.05, 0.1) is 12.6 Å². The third kappa shape index (κ3) is 3.62. The Labute approximate surface area is 95.2 Å². The van der Waals surface area contributed by atoms with E-state index in [4.69, 9.17) is 5.73 Å². The molecular weight excluding hydrogens is 206 g/mol. The Morgan fingerprint density at radius 1 is 1.62 bits per heavy atom. The molecule has 3 N–H and O–H groups in total. The number of aromatic nitrogens is 3. The first-order valence-corrected chi connectivity index (χ1v) is 5.37. The second-order valence-electron chi connectivity index (χ2n) is 4.31. The zero-order chi connectivity index (χ0) is 12.1. The molecule has 0 bridgehead atoms. The smallest absolute Gasteiger partial charge is 0.237 e. The van der Waals surface area contributed by atoms with E-state index in [2.05, 4.69) is 15.5 Å². The molecule has 0 saturated carbocycles. The predicted molar refractivity (Wildman–Crippen MR) is 60.3 cm³/mol. The highest BCUT2D eigenvalue weighted by Gasteiger charge is 2.15. The average Bonchev–Trinajstić information content (AvgIpc) is 2.59. The van der Waals surface area contributed by atoms with Crippen LogP contribution in [0.15, 0.2) is 6.33 Å². The largest absolute Gasteiger partial charge is 0.347 e. The number of carbonyl (C=O) groups excluding carboxylic acids is 1. The monoisotopic (exact) mass is 225 g/mol. The van der Waals surface area contributed by atoms with Gasteiger partial charge in [-0.2, -0.15) is 0 Å². The summed E-state index contributed by atoms with van der Waals surface area (Å²) in [5, 5.41) is 10.3. The van der Waals surface area contributed by atoms with Gasteiger partial charge in [-0.15, -0.1) is 10.2 Å². The van der Waals surface area contributed by atoms with Crippen LogP contribution in [0.3, 0.4) is 0 Å². The highest BCUT2D eigenvalue weighted by molar-refractivity contribution is 5.81. The summed E-state index contributed by atoms with van der Waals surface area (Å²) in [5.41, 5.74) is 5.74. The van der Waals surface area contributed by atoms with Gasteiger partial charge >= 0.3 is 0 Å². The molecule has 6 nitrogen and oxygen atoms in total. The maximum Gasteiger partial charge on any atom is 0.237 e. The van der Waals surface area contributed by atoms with Crippen molar-refractivity contribution in [2.45, 2.75) is 32.9 Å². The quantitative estimate of drug-likeness (QED) is 0.727. The molecular formula is C10H19N5O. The summed E-state index contributed by atoms with van der Waals surface area (Å²) < 4.78 is 1.76. The van der Waals surface area contributed by atoms with Gasteiger partial charge in [0, 0.05) is 7.05 Å². The topological polar surface area (TPSA) is 85.8 Å². The van der Waals surface area contributed by atoms with Crippen molar-refractivity contribution in [1.29, 1.82) is 0 Å². The van der Waals surface area contributed by atoms with Crippen molar-refractivity contribution in [3.63, 3.8) is 0 Å². The molecule has 0 spiro atoms. The lowest BCUT2D eigenvalue weighted by atomic mass is 10.0. The molecule has 1 amide bonds. The van der Waals surface area contributed by atoms with Crippen LogP contribution >= 0.6 is 0 Å². The summed E-state index contributed by atoms with van der Waals surface area (Å²) in [6, 6.07) is -0.451. The molecule has 0 aliphatic heterocycles. The van der Waals surface area contributed by atoms with Gasteiger partial charge in [0.1, 0.15) is 6.33 Å². The van der Waals surface area contributed by atoms with Crippen molar-refractivity contribution >= 4 is 5.91 Å². The van der Waals surface area contributed by atoms with Crippen molar-refractivity contribution in [2.24, 2.45) is 18.7 Å². The lowest BCUT2D eigenvalue weighted by Crippen LogP contribution is -2.41. The number of nitrogens with zero attached hydrogens (tertiary/aromatic N) is 3. The van der Waals surface area contributed by atoms with E-state index in [9.17, 15) is 4.79 Å². The van der Waals surface area contributed by atoms with Crippen LogP contribution in [-0.4, -0.2) is 26.7 Å². The summed E-state index contributed by atoms with van der Waals surface area (Å²) in [7, 11) is 1.83. The van der Waals surface area contributed by atoms with Crippen LogP contribution < -0.4 is 11.1 Å². The Bertz CT molecular complexity index is 347. The van der Waals surface area contributed by atoms with Crippen LogP contribution in [0.5, 0.6) is 0 Å². The standard InChI is InChI=1S/C10H19N5O/c1-7(2)4-8(11)10(16)12-5-9-14-13-6-15(9)3/h6-8H,4-5,11H2,1-3H3,(H,12,16)/t8-/m0/s1. The van der Waals surface area contributed by atoms with Gasteiger partial charge in [-0.3, -0.25) is 4.79 Å². The van der Waals surface area contributed by atoms with Crippen LogP contribution in [0, 0.1) is 5.92 Å². The van der Waals surface area contributed by atoms with Gasteiger partial charge in [-0.25, -0.2) is 0 Å². The number of hydrogen-bond donors (Lipinski definition) is 2. The fourth-order valence-corrected chi connectivity index (χ4v) is 1.38. The van der Waals surface area contributed by atoms with E-state index in [1.807, 2.05) is 20.9 Å². The normalized spacial score (nSPS) is 12.8. The lowest BCUT2D eigenvalue weighted by Gasteiger charge is -2.13. The number of carbonyl (C=O) groups is 1. The maximum absolute atomic E-state index is 11.6. The van der Waals surface area contributed by atoms with Gasteiger partial charge in [0.25, 0.3) is 0 Å². The average molecular weight is 225 g/mol. The third-order valence-electron chi connectivity index (χ3n) is 2.29. The molecule has 1 atom stereocenters. The highest BCUT2D eigenvalue weighted by Crippen LogP contribution is 2.02. The van der Waals surface area contributed by atoms with Crippen molar-refractivity contribution in [2.75, 3.05) is 0 Å². The summed E-state index contributed by atoms with van der Waals surface area (Å²) in [6.07, 6.45) is 2.28. The molecule has 90 valence electrons. The van der Waals surface area contributed by atoms with Gasteiger partial charge in [-0.1, -0.05) is 13.8 Å². The molecule has 0 fully saturated rings. The van der Waals surface area contributed by atoms with Crippen molar-refractivity contribution in [3.05, 3.63) is 12.2 Å². The Morgan fingerprint density at radius 3 is 2.81 bits per heavy atom. The number of aryl methyl sites for hydroxylation is 1. The molecule has 1 heterocycles. The zero-order valence-electron chi connectivity index (χ0n) is 9.97. The predicted octanol–water partition coefficient (Wildman–Crippen LogP) is -0.195. The number of nitrogens with two attached hydrogens (primary N) is 1. The van der Waals surface area contributed by atoms with Gasteiger partial charge in [-0.05, 0) is 12.3 Å². The van der Waals surface area contributed by atoms with Gasteiger partial charge < -0.3 is 15.6 Å². The first kappa shape index (κ1) is 12.6.